The van der Waals surface area contributed by atoms with Gasteiger partial charge in [-0.15, -0.1) is 0 Å². The fraction of sp³-hybridized carbons (Fsp3) is 0.348. The van der Waals surface area contributed by atoms with Crippen molar-refractivity contribution in [2.45, 2.75) is 32.2 Å². The van der Waals surface area contributed by atoms with Gasteiger partial charge in [-0.25, -0.2) is 15.2 Å². The molecule has 12 heteroatoms. The van der Waals surface area contributed by atoms with E-state index in [9.17, 15) is 8.78 Å². The van der Waals surface area contributed by atoms with E-state index in [4.69, 9.17) is 22.2 Å². The largest absolute Gasteiger partial charge is 0.490 e. The number of hydrazone groups is 1. The molecule has 2 aromatic heterocycles. The zero-order valence-corrected chi connectivity index (χ0v) is 19.4. The third kappa shape index (κ3) is 5.03. The average Bonchev–Trinajstić information content (AvgIpc) is 3.37. The Morgan fingerprint density at radius 1 is 1.23 bits per heavy atom. The van der Waals surface area contributed by atoms with Crippen LogP contribution in [0.15, 0.2) is 41.9 Å². The highest BCUT2D eigenvalue weighted by atomic mass is 19.2. The van der Waals surface area contributed by atoms with E-state index >= 15 is 0 Å². The highest BCUT2D eigenvalue weighted by Crippen LogP contribution is 2.30. The van der Waals surface area contributed by atoms with Crippen LogP contribution in [0.4, 0.5) is 20.3 Å². The Kier molecular flexibility index (Phi) is 7.42. The van der Waals surface area contributed by atoms with E-state index in [-0.39, 0.29) is 35.3 Å². The molecule has 7 N–H and O–H groups in total. The number of pyridine rings is 1. The average molecular weight is 486 g/mol. The summed E-state index contributed by atoms with van der Waals surface area (Å²) in [6, 6.07) is 4.58. The molecule has 186 valence electrons. The van der Waals surface area contributed by atoms with Gasteiger partial charge in [0, 0.05) is 23.5 Å². The van der Waals surface area contributed by atoms with E-state index in [0.29, 0.717) is 18.0 Å². The number of hydrogen-bond donors (Lipinski definition) is 4. The van der Waals surface area contributed by atoms with Gasteiger partial charge in [0.15, 0.2) is 17.4 Å². The van der Waals surface area contributed by atoms with E-state index in [1.165, 1.54) is 12.1 Å². The van der Waals surface area contributed by atoms with Crippen LogP contribution < -0.4 is 32.5 Å². The lowest BCUT2D eigenvalue weighted by Gasteiger charge is -2.23. The predicted octanol–water partition coefficient (Wildman–Crippen LogP) is 2.52. The van der Waals surface area contributed by atoms with Crippen LogP contribution in [0.5, 0.6) is 5.75 Å². The Balaban J connectivity index is 1.63. The summed E-state index contributed by atoms with van der Waals surface area (Å²) in [6.45, 7) is 4.00. The van der Waals surface area contributed by atoms with Crippen molar-refractivity contribution in [3.8, 4) is 16.9 Å². The number of piperidine rings is 1. The van der Waals surface area contributed by atoms with Crippen molar-refractivity contribution in [2.24, 2.45) is 16.8 Å². The molecule has 0 unspecified atom stereocenters. The monoisotopic (exact) mass is 485 g/mol. The van der Waals surface area contributed by atoms with Crippen molar-refractivity contribution < 1.29 is 13.5 Å². The first-order valence-corrected chi connectivity index (χ1v) is 11.4. The van der Waals surface area contributed by atoms with Crippen LogP contribution in [0.3, 0.4) is 0 Å². The van der Waals surface area contributed by atoms with Crippen LogP contribution in [0, 0.1) is 11.6 Å². The van der Waals surface area contributed by atoms with Crippen LogP contribution in [0.25, 0.3) is 11.1 Å². The Bertz CT molecular complexity index is 1210. The van der Waals surface area contributed by atoms with Gasteiger partial charge in [-0.05, 0) is 50.6 Å². The van der Waals surface area contributed by atoms with Crippen molar-refractivity contribution in [1.82, 2.24) is 20.1 Å². The number of benzene rings is 1. The molecule has 4 rings (SSSR count). The summed E-state index contributed by atoms with van der Waals surface area (Å²) in [5, 5.41) is 12.4. The molecule has 35 heavy (non-hydrogen) atoms. The van der Waals surface area contributed by atoms with Gasteiger partial charge in [0.2, 0.25) is 5.82 Å². The first-order chi connectivity index (χ1) is 16.9. The number of hydrazine groups is 1. The van der Waals surface area contributed by atoms with Crippen LogP contribution >= 0.6 is 0 Å². The van der Waals surface area contributed by atoms with Gasteiger partial charge in [0.25, 0.3) is 0 Å². The molecule has 1 aliphatic rings. The maximum atomic E-state index is 14.8. The van der Waals surface area contributed by atoms with Gasteiger partial charge >= 0.3 is 0 Å². The van der Waals surface area contributed by atoms with E-state index in [1.807, 2.05) is 17.8 Å². The molecular weight excluding hydrogens is 456 g/mol. The molecule has 0 saturated carbocycles. The summed E-state index contributed by atoms with van der Waals surface area (Å²) in [5.41, 5.74) is 7.55. The maximum absolute atomic E-state index is 14.8. The number of aromatic nitrogens is 3. The lowest BCUT2D eigenvalue weighted by atomic mass is 10.1. The lowest BCUT2D eigenvalue weighted by molar-refractivity contribution is 0.295. The summed E-state index contributed by atoms with van der Waals surface area (Å²) < 4.78 is 36.6. The molecule has 0 spiro atoms. The van der Waals surface area contributed by atoms with Crippen molar-refractivity contribution in [3.63, 3.8) is 0 Å². The third-order valence-corrected chi connectivity index (χ3v) is 5.88. The van der Waals surface area contributed by atoms with Crippen LogP contribution in [-0.2, 0) is 0 Å². The van der Waals surface area contributed by atoms with Crippen LogP contribution in [0.1, 0.15) is 37.8 Å². The number of ether oxygens (including phenoxy) is 1. The van der Waals surface area contributed by atoms with E-state index in [2.05, 4.69) is 20.5 Å². The zero-order valence-electron chi connectivity index (χ0n) is 19.4. The van der Waals surface area contributed by atoms with Gasteiger partial charge in [0.1, 0.15) is 5.82 Å². The number of rotatable bonds is 7. The van der Waals surface area contributed by atoms with Crippen LogP contribution in [0.2, 0.25) is 0 Å². The van der Waals surface area contributed by atoms with Gasteiger partial charge in [0.05, 0.1) is 30.1 Å². The summed E-state index contributed by atoms with van der Waals surface area (Å²) in [4.78, 5) is 4.23. The summed E-state index contributed by atoms with van der Waals surface area (Å²) >= 11 is 0. The van der Waals surface area contributed by atoms with Gasteiger partial charge in [-0.3, -0.25) is 9.69 Å². The molecular formula is C23H29F2N9O. The van der Waals surface area contributed by atoms with Crippen molar-refractivity contribution >= 4 is 17.3 Å². The smallest absolute Gasteiger partial charge is 0.202 e. The molecule has 3 heterocycles. The second-order valence-corrected chi connectivity index (χ2v) is 8.23. The molecule has 0 atom stereocenters. The fourth-order valence-corrected chi connectivity index (χ4v) is 3.98. The molecule has 3 aromatic rings. The number of nitrogen functional groups attached to an aromatic ring is 1. The molecule has 1 fully saturated rings. The number of hydrogen-bond acceptors (Lipinski definition) is 8. The standard InChI is InChI=1S/C23H29F2N9O/c1-2-9-35-19-4-3-18(20(24)21(19)25)34(28)23(32-27)17-10-14(11-30-22(17)26)15-12-31-33(13-15)16-5-7-29-8-6-16/h3-4,10-13,16,29H,2,5-9,27-28H2,1H3,(H2,26,30)/b32-23-. The van der Waals surface area contributed by atoms with E-state index < -0.39 is 11.6 Å². The van der Waals surface area contributed by atoms with E-state index in [1.54, 1.807) is 18.5 Å². The van der Waals surface area contributed by atoms with Gasteiger partial charge in [-0.2, -0.15) is 14.6 Å². The van der Waals surface area contributed by atoms with Gasteiger partial charge < -0.3 is 21.6 Å². The Morgan fingerprint density at radius 2 is 2.00 bits per heavy atom. The first kappa shape index (κ1) is 24.4. The Labute approximate surface area is 201 Å². The summed E-state index contributed by atoms with van der Waals surface area (Å²) in [7, 11) is 0. The predicted molar refractivity (Wildman–Crippen MR) is 131 cm³/mol. The van der Waals surface area contributed by atoms with Crippen molar-refractivity contribution in [2.75, 3.05) is 30.4 Å². The molecule has 0 bridgehead atoms. The number of halogens is 2. The number of nitrogens with two attached hydrogens (primary N) is 3. The number of anilines is 2. The first-order valence-electron chi connectivity index (χ1n) is 11.4. The minimum atomic E-state index is -1.20. The van der Waals surface area contributed by atoms with E-state index in [0.717, 1.165) is 36.5 Å². The molecule has 10 nitrogen and oxygen atoms in total. The fourth-order valence-electron chi connectivity index (χ4n) is 3.98. The van der Waals surface area contributed by atoms with Gasteiger partial charge in [-0.1, -0.05) is 6.92 Å². The molecule has 0 aliphatic carbocycles. The normalized spacial score (nSPS) is 14.8. The molecule has 1 aliphatic heterocycles. The van der Waals surface area contributed by atoms with Crippen molar-refractivity contribution in [1.29, 1.82) is 0 Å². The minimum Gasteiger partial charge on any atom is -0.490 e. The number of nitrogens with zero attached hydrogens (tertiary/aromatic N) is 5. The topological polar surface area (TPSA) is 146 Å². The highest BCUT2D eigenvalue weighted by Gasteiger charge is 2.24. The quantitative estimate of drug-likeness (QED) is 0.173. The lowest BCUT2D eigenvalue weighted by Crippen LogP contribution is -2.40. The second-order valence-electron chi connectivity index (χ2n) is 8.23. The Morgan fingerprint density at radius 3 is 2.71 bits per heavy atom. The molecule has 0 radical (unpaired) electrons. The van der Waals surface area contributed by atoms with Crippen molar-refractivity contribution in [3.05, 3.63) is 54.0 Å². The number of nitrogens with one attached hydrogen (secondary N) is 1. The minimum absolute atomic E-state index is 0.0722. The van der Waals surface area contributed by atoms with Crippen LogP contribution in [-0.4, -0.2) is 40.3 Å². The summed E-state index contributed by atoms with van der Waals surface area (Å²) in [5.74, 6) is 9.15. The SMILES string of the molecule is CCCOc1ccc(N(N)/C(=N\N)c2cc(-c3cnn(C4CCNCC4)c3)cnc2N)c(F)c1F. The highest BCUT2D eigenvalue weighted by molar-refractivity contribution is 6.12. The third-order valence-electron chi connectivity index (χ3n) is 5.88. The summed E-state index contributed by atoms with van der Waals surface area (Å²) in [6.07, 6.45) is 7.90. The second kappa shape index (κ2) is 10.7. The molecule has 0 amide bonds. The molecule has 1 aromatic carbocycles. The molecule has 1 saturated heterocycles. The Hall–Kier alpha value is -3.77. The zero-order chi connectivity index (χ0) is 24.9. The number of amidine groups is 1. The maximum Gasteiger partial charge on any atom is 0.202 e.